The first-order valence-corrected chi connectivity index (χ1v) is 8.18. The molecule has 2 aromatic rings. The minimum Gasteiger partial charge on any atom is -0.307 e. The van der Waals surface area contributed by atoms with E-state index < -0.39 is 10.0 Å². The van der Waals surface area contributed by atoms with E-state index in [4.69, 9.17) is 5.84 Å². The molecule has 0 radical (unpaired) electrons. The van der Waals surface area contributed by atoms with Crippen LogP contribution in [0.15, 0.2) is 23.2 Å². The zero-order valence-corrected chi connectivity index (χ0v) is 12.7. The number of anilines is 2. The Hall–Kier alpha value is -1.71. The standard InChI is InChI=1S/C11H15N5O2S2/c1-3-8-7(2)19-11(14-8)16-20(17,18)9-5-4-6-13-10(9)15-12/h4-6H,3,12H2,1-2H3,(H,13,15)(H,14,16). The van der Waals surface area contributed by atoms with Crippen LogP contribution in [0.25, 0.3) is 0 Å². The van der Waals surface area contributed by atoms with E-state index >= 15 is 0 Å². The highest BCUT2D eigenvalue weighted by molar-refractivity contribution is 7.93. The van der Waals surface area contributed by atoms with Crippen LogP contribution >= 0.6 is 11.3 Å². The first-order valence-electron chi connectivity index (χ1n) is 5.88. The number of nitrogen functional groups attached to an aromatic ring is 1. The Morgan fingerprint density at radius 2 is 2.20 bits per heavy atom. The van der Waals surface area contributed by atoms with Crippen LogP contribution in [0, 0.1) is 6.92 Å². The number of rotatable bonds is 5. The summed E-state index contributed by atoms with van der Waals surface area (Å²) in [6.07, 6.45) is 2.21. The van der Waals surface area contributed by atoms with Crippen molar-refractivity contribution in [2.45, 2.75) is 25.2 Å². The summed E-state index contributed by atoms with van der Waals surface area (Å²) in [4.78, 5) is 9.10. The molecule has 0 saturated heterocycles. The van der Waals surface area contributed by atoms with Crippen LogP contribution in [0.1, 0.15) is 17.5 Å². The maximum atomic E-state index is 12.3. The molecule has 0 unspecified atom stereocenters. The molecule has 2 rings (SSSR count). The lowest BCUT2D eigenvalue weighted by molar-refractivity contribution is 0.601. The summed E-state index contributed by atoms with van der Waals surface area (Å²) in [5, 5.41) is 0.339. The third-order valence-electron chi connectivity index (χ3n) is 2.65. The van der Waals surface area contributed by atoms with Crippen molar-refractivity contribution in [3.05, 3.63) is 28.9 Å². The van der Waals surface area contributed by atoms with E-state index in [1.807, 2.05) is 13.8 Å². The van der Waals surface area contributed by atoms with Gasteiger partial charge in [0.15, 0.2) is 10.9 Å². The quantitative estimate of drug-likeness (QED) is 0.570. The van der Waals surface area contributed by atoms with Crippen molar-refractivity contribution in [2.75, 3.05) is 10.1 Å². The van der Waals surface area contributed by atoms with Crippen LogP contribution in [0.5, 0.6) is 0 Å². The van der Waals surface area contributed by atoms with Crippen molar-refractivity contribution < 1.29 is 8.42 Å². The number of hydrogen-bond acceptors (Lipinski definition) is 7. The van der Waals surface area contributed by atoms with Gasteiger partial charge in [0.1, 0.15) is 4.90 Å². The lowest BCUT2D eigenvalue weighted by Crippen LogP contribution is -2.18. The number of hydrazine groups is 1. The number of thiazole rings is 1. The molecule has 0 spiro atoms. The molecule has 9 heteroatoms. The van der Waals surface area contributed by atoms with Crippen LogP contribution in [0.4, 0.5) is 10.9 Å². The summed E-state index contributed by atoms with van der Waals surface area (Å²) in [5.41, 5.74) is 3.15. The molecule has 4 N–H and O–H groups in total. The van der Waals surface area contributed by atoms with Gasteiger partial charge in [-0.1, -0.05) is 6.92 Å². The highest BCUT2D eigenvalue weighted by Crippen LogP contribution is 2.26. The molecule has 0 atom stereocenters. The lowest BCUT2D eigenvalue weighted by atomic mass is 10.3. The summed E-state index contributed by atoms with van der Waals surface area (Å²) in [5.74, 6) is 5.36. The SMILES string of the molecule is CCc1nc(NS(=O)(=O)c2cccnc2NN)sc1C. The van der Waals surface area contributed by atoms with Gasteiger partial charge in [-0.15, -0.1) is 11.3 Å². The van der Waals surface area contributed by atoms with Gasteiger partial charge in [-0.25, -0.2) is 24.2 Å². The zero-order valence-electron chi connectivity index (χ0n) is 11.0. The average Bonchev–Trinajstić information content (AvgIpc) is 2.77. The zero-order chi connectivity index (χ0) is 14.8. The van der Waals surface area contributed by atoms with Crippen molar-refractivity contribution in [3.8, 4) is 0 Å². The molecular weight excluding hydrogens is 298 g/mol. The van der Waals surface area contributed by atoms with Crippen molar-refractivity contribution in [1.82, 2.24) is 9.97 Å². The average molecular weight is 313 g/mol. The Labute approximate surface area is 121 Å². The molecule has 7 nitrogen and oxygen atoms in total. The summed E-state index contributed by atoms with van der Waals surface area (Å²) in [6.45, 7) is 3.88. The number of nitrogens with two attached hydrogens (primary N) is 1. The Morgan fingerprint density at radius 3 is 2.80 bits per heavy atom. The monoisotopic (exact) mass is 313 g/mol. The fourth-order valence-electron chi connectivity index (χ4n) is 1.69. The Morgan fingerprint density at radius 1 is 1.45 bits per heavy atom. The van der Waals surface area contributed by atoms with E-state index in [0.29, 0.717) is 5.13 Å². The van der Waals surface area contributed by atoms with Crippen molar-refractivity contribution in [3.63, 3.8) is 0 Å². The van der Waals surface area contributed by atoms with Gasteiger partial charge in [0.2, 0.25) is 0 Å². The number of aromatic nitrogens is 2. The van der Waals surface area contributed by atoms with Crippen LogP contribution in [0.3, 0.4) is 0 Å². The summed E-state index contributed by atoms with van der Waals surface area (Å²) >= 11 is 1.30. The first-order chi connectivity index (χ1) is 9.47. The smallest absolute Gasteiger partial charge is 0.267 e. The largest absolute Gasteiger partial charge is 0.307 e. The normalized spacial score (nSPS) is 11.3. The number of nitrogens with one attached hydrogen (secondary N) is 2. The molecule has 20 heavy (non-hydrogen) atoms. The molecule has 0 aliphatic heterocycles. The van der Waals surface area contributed by atoms with E-state index in [-0.39, 0.29) is 10.7 Å². The van der Waals surface area contributed by atoms with E-state index in [0.717, 1.165) is 17.0 Å². The third kappa shape index (κ3) is 2.89. The molecule has 0 aliphatic rings. The van der Waals surface area contributed by atoms with Crippen LogP contribution in [-0.2, 0) is 16.4 Å². The number of aryl methyl sites for hydroxylation is 2. The van der Waals surface area contributed by atoms with E-state index in [1.54, 1.807) is 0 Å². The van der Waals surface area contributed by atoms with Crippen LogP contribution in [-0.4, -0.2) is 18.4 Å². The lowest BCUT2D eigenvalue weighted by Gasteiger charge is -2.08. The number of sulfonamides is 1. The summed E-state index contributed by atoms with van der Waals surface area (Å²) in [7, 11) is -3.77. The van der Waals surface area contributed by atoms with Gasteiger partial charge in [-0.05, 0) is 25.5 Å². The maximum absolute atomic E-state index is 12.3. The van der Waals surface area contributed by atoms with Gasteiger partial charge in [0, 0.05) is 11.1 Å². The molecule has 2 heterocycles. The molecule has 0 bridgehead atoms. The Balaban J connectivity index is 2.35. The molecular formula is C11H15N5O2S2. The molecule has 108 valence electrons. The molecule has 0 amide bonds. The van der Waals surface area contributed by atoms with Crippen molar-refractivity contribution in [1.29, 1.82) is 0 Å². The van der Waals surface area contributed by atoms with Crippen molar-refractivity contribution in [2.24, 2.45) is 5.84 Å². The highest BCUT2D eigenvalue weighted by atomic mass is 32.2. The highest BCUT2D eigenvalue weighted by Gasteiger charge is 2.21. The fraction of sp³-hybridized carbons (Fsp3) is 0.273. The van der Waals surface area contributed by atoms with Gasteiger partial charge in [-0.2, -0.15) is 0 Å². The minimum absolute atomic E-state index is 0.0200. The van der Waals surface area contributed by atoms with Crippen LogP contribution in [0.2, 0.25) is 0 Å². The fourth-order valence-corrected chi connectivity index (χ4v) is 3.94. The minimum atomic E-state index is -3.77. The second kappa shape index (κ2) is 5.73. The molecule has 0 fully saturated rings. The van der Waals surface area contributed by atoms with Gasteiger partial charge in [0.05, 0.1) is 5.69 Å². The number of hydrogen-bond donors (Lipinski definition) is 3. The van der Waals surface area contributed by atoms with Gasteiger partial charge >= 0.3 is 0 Å². The van der Waals surface area contributed by atoms with E-state index in [2.05, 4.69) is 20.1 Å². The Bertz CT molecular complexity index is 711. The van der Waals surface area contributed by atoms with Crippen LogP contribution < -0.4 is 16.0 Å². The Kier molecular flexibility index (Phi) is 4.21. The van der Waals surface area contributed by atoms with Gasteiger partial charge in [0.25, 0.3) is 10.0 Å². The topological polar surface area (TPSA) is 110 Å². The second-order valence-corrected chi connectivity index (χ2v) is 6.83. The first kappa shape index (κ1) is 14.7. The molecule has 0 aromatic carbocycles. The third-order valence-corrected chi connectivity index (χ3v) is 5.07. The number of pyridine rings is 1. The second-order valence-electron chi connectivity index (χ2n) is 3.98. The molecule has 2 aromatic heterocycles. The maximum Gasteiger partial charge on any atom is 0.267 e. The predicted molar refractivity (Wildman–Crippen MR) is 79.1 cm³/mol. The van der Waals surface area contributed by atoms with E-state index in [9.17, 15) is 8.42 Å². The summed E-state index contributed by atoms with van der Waals surface area (Å²) in [6, 6.07) is 2.95. The summed E-state index contributed by atoms with van der Waals surface area (Å²) < 4.78 is 27.1. The molecule has 0 aliphatic carbocycles. The van der Waals surface area contributed by atoms with E-state index in [1.165, 1.54) is 29.7 Å². The van der Waals surface area contributed by atoms with Crippen molar-refractivity contribution >= 4 is 32.3 Å². The molecule has 0 saturated carbocycles. The predicted octanol–water partition coefficient (Wildman–Crippen LogP) is 1.50. The van der Waals surface area contributed by atoms with Gasteiger partial charge in [-0.3, -0.25) is 4.72 Å². The number of nitrogens with zero attached hydrogens (tertiary/aromatic N) is 2. The van der Waals surface area contributed by atoms with Gasteiger partial charge < -0.3 is 5.43 Å².